The number of nitrogens with two attached hydrogens (primary N) is 1. The Morgan fingerprint density at radius 2 is 2.00 bits per heavy atom. The Hall–Kier alpha value is -1.60. The summed E-state index contributed by atoms with van der Waals surface area (Å²) in [6, 6.07) is 4.84. The molecule has 0 radical (unpaired) electrons. The standard InChI is InChI=1S/C10H7F3N2OS/c11-10(12,13)6-2-1-5-3-8(9(16)15-14)17-7(5)4-6/h1-4H,14H2,(H,15,16). The number of nitrogens with one attached hydrogen (secondary N) is 1. The average molecular weight is 260 g/mol. The maximum Gasteiger partial charge on any atom is 0.416 e. The Morgan fingerprint density at radius 3 is 2.59 bits per heavy atom. The van der Waals surface area contributed by atoms with Crippen LogP contribution in [-0.2, 0) is 6.18 Å². The highest BCUT2D eigenvalue weighted by molar-refractivity contribution is 7.20. The maximum atomic E-state index is 12.5. The fourth-order valence-electron chi connectivity index (χ4n) is 1.39. The van der Waals surface area contributed by atoms with Crippen molar-refractivity contribution in [2.45, 2.75) is 6.18 Å². The van der Waals surface area contributed by atoms with Gasteiger partial charge in [-0.3, -0.25) is 10.2 Å². The molecule has 1 amide bonds. The Kier molecular flexibility index (Phi) is 2.80. The number of hydrogen-bond donors (Lipinski definition) is 2. The van der Waals surface area contributed by atoms with Gasteiger partial charge in [0.05, 0.1) is 10.4 Å². The first-order valence-electron chi connectivity index (χ1n) is 4.53. The summed E-state index contributed by atoms with van der Waals surface area (Å²) in [4.78, 5) is 11.5. The summed E-state index contributed by atoms with van der Waals surface area (Å²) in [5.41, 5.74) is 1.21. The van der Waals surface area contributed by atoms with Crippen LogP contribution in [0.25, 0.3) is 10.1 Å². The SMILES string of the molecule is NNC(=O)c1cc2ccc(C(F)(F)F)cc2s1. The predicted molar refractivity (Wildman–Crippen MR) is 58.5 cm³/mol. The van der Waals surface area contributed by atoms with E-state index in [2.05, 4.69) is 0 Å². The average Bonchev–Trinajstić information content (AvgIpc) is 2.69. The molecule has 0 bridgehead atoms. The van der Waals surface area contributed by atoms with Crippen molar-refractivity contribution in [3.63, 3.8) is 0 Å². The van der Waals surface area contributed by atoms with Gasteiger partial charge in [0.25, 0.3) is 5.91 Å². The number of hydrazine groups is 1. The number of carbonyl (C=O) groups is 1. The van der Waals surface area contributed by atoms with Crippen LogP contribution in [0.3, 0.4) is 0 Å². The lowest BCUT2D eigenvalue weighted by Crippen LogP contribution is -2.29. The van der Waals surface area contributed by atoms with Gasteiger partial charge in [0.2, 0.25) is 0 Å². The molecule has 7 heteroatoms. The van der Waals surface area contributed by atoms with E-state index in [0.717, 1.165) is 23.5 Å². The Labute approximate surface area is 98.0 Å². The molecule has 3 nitrogen and oxygen atoms in total. The first kappa shape index (κ1) is 11.9. The third-order valence-corrected chi connectivity index (χ3v) is 3.30. The first-order valence-corrected chi connectivity index (χ1v) is 5.35. The number of alkyl halides is 3. The van der Waals surface area contributed by atoms with Crippen LogP contribution in [0.4, 0.5) is 13.2 Å². The van der Waals surface area contributed by atoms with Crippen LogP contribution >= 0.6 is 11.3 Å². The van der Waals surface area contributed by atoms with Crippen LogP contribution in [0.5, 0.6) is 0 Å². The zero-order valence-corrected chi connectivity index (χ0v) is 9.15. The van der Waals surface area contributed by atoms with Crippen LogP contribution in [0, 0.1) is 0 Å². The van der Waals surface area contributed by atoms with E-state index in [1.807, 2.05) is 5.43 Å². The smallest absolute Gasteiger partial charge is 0.289 e. The second-order valence-electron chi connectivity index (χ2n) is 3.33. The number of rotatable bonds is 1. The highest BCUT2D eigenvalue weighted by Crippen LogP contribution is 2.34. The number of fused-ring (bicyclic) bond motifs is 1. The molecule has 0 aliphatic carbocycles. The first-order chi connectivity index (χ1) is 7.91. The van der Waals surface area contributed by atoms with Gasteiger partial charge in [-0.05, 0) is 23.6 Å². The highest BCUT2D eigenvalue weighted by Gasteiger charge is 2.30. The molecule has 2 aromatic rings. The van der Waals surface area contributed by atoms with Crippen molar-refractivity contribution >= 4 is 27.3 Å². The number of hydrogen-bond acceptors (Lipinski definition) is 3. The number of thiophene rings is 1. The molecule has 1 heterocycles. The lowest BCUT2D eigenvalue weighted by molar-refractivity contribution is -0.137. The summed E-state index contributed by atoms with van der Waals surface area (Å²) in [6.07, 6.45) is -4.38. The van der Waals surface area contributed by atoms with E-state index >= 15 is 0 Å². The van der Waals surface area contributed by atoms with Gasteiger partial charge < -0.3 is 0 Å². The number of benzene rings is 1. The third kappa shape index (κ3) is 2.25. The van der Waals surface area contributed by atoms with Crippen molar-refractivity contribution in [2.75, 3.05) is 0 Å². The van der Waals surface area contributed by atoms with Gasteiger partial charge >= 0.3 is 6.18 Å². The minimum atomic E-state index is -4.38. The summed E-state index contributed by atoms with van der Waals surface area (Å²) >= 11 is 0.968. The van der Waals surface area contributed by atoms with Gasteiger partial charge in [-0.2, -0.15) is 13.2 Å². The van der Waals surface area contributed by atoms with Crippen molar-refractivity contribution in [1.82, 2.24) is 5.43 Å². The lowest BCUT2D eigenvalue weighted by atomic mass is 10.1. The summed E-state index contributed by atoms with van der Waals surface area (Å²) in [5, 5.41) is 0.585. The van der Waals surface area contributed by atoms with E-state index in [1.54, 1.807) is 0 Å². The largest absolute Gasteiger partial charge is 0.416 e. The molecule has 0 aliphatic rings. The van der Waals surface area contributed by atoms with Crippen LogP contribution in [0.2, 0.25) is 0 Å². The van der Waals surface area contributed by atoms with E-state index in [4.69, 9.17) is 5.84 Å². The fraction of sp³-hybridized carbons (Fsp3) is 0.100. The minimum absolute atomic E-state index is 0.279. The van der Waals surface area contributed by atoms with E-state index in [0.29, 0.717) is 10.1 Å². The Morgan fingerprint density at radius 1 is 1.29 bits per heavy atom. The lowest BCUT2D eigenvalue weighted by Gasteiger charge is -2.05. The molecule has 17 heavy (non-hydrogen) atoms. The quantitative estimate of drug-likeness (QED) is 0.470. The van der Waals surface area contributed by atoms with Crippen LogP contribution < -0.4 is 11.3 Å². The molecule has 1 aromatic heterocycles. The van der Waals surface area contributed by atoms with Crippen LogP contribution in [-0.4, -0.2) is 5.91 Å². The molecule has 3 N–H and O–H groups in total. The molecule has 0 saturated carbocycles. The zero-order valence-electron chi connectivity index (χ0n) is 8.34. The van der Waals surface area contributed by atoms with Crippen molar-refractivity contribution in [3.05, 3.63) is 34.7 Å². The molecule has 0 atom stereocenters. The fourth-order valence-corrected chi connectivity index (χ4v) is 2.40. The second-order valence-corrected chi connectivity index (χ2v) is 4.42. The molecule has 0 unspecified atom stereocenters. The normalized spacial score (nSPS) is 11.8. The van der Waals surface area contributed by atoms with E-state index < -0.39 is 17.6 Å². The molecule has 0 fully saturated rings. The summed E-state index contributed by atoms with van der Waals surface area (Å²) in [6.45, 7) is 0. The van der Waals surface area contributed by atoms with Crippen molar-refractivity contribution in [3.8, 4) is 0 Å². The van der Waals surface area contributed by atoms with Gasteiger partial charge in [0, 0.05) is 4.70 Å². The highest BCUT2D eigenvalue weighted by atomic mass is 32.1. The van der Waals surface area contributed by atoms with E-state index in [1.165, 1.54) is 12.1 Å². The minimum Gasteiger partial charge on any atom is -0.289 e. The topological polar surface area (TPSA) is 55.1 Å². The Bertz CT molecular complexity index is 576. The van der Waals surface area contributed by atoms with Crippen molar-refractivity contribution in [2.24, 2.45) is 5.84 Å². The van der Waals surface area contributed by atoms with Gasteiger partial charge in [-0.15, -0.1) is 11.3 Å². The maximum absolute atomic E-state index is 12.5. The predicted octanol–water partition coefficient (Wildman–Crippen LogP) is 2.52. The number of carbonyl (C=O) groups excluding carboxylic acids is 1. The van der Waals surface area contributed by atoms with Crippen LogP contribution in [0.15, 0.2) is 24.3 Å². The molecule has 0 saturated heterocycles. The molecule has 0 aliphatic heterocycles. The summed E-state index contributed by atoms with van der Waals surface area (Å²) in [7, 11) is 0. The Balaban J connectivity index is 2.52. The molecule has 2 rings (SSSR count). The van der Waals surface area contributed by atoms with E-state index in [-0.39, 0.29) is 4.88 Å². The number of nitrogen functional groups attached to an aromatic ring is 1. The van der Waals surface area contributed by atoms with Crippen molar-refractivity contribution < 1.29 is 18.0 Å². The third-order valence-electron chi connectivity index (χ3n) is 2.20. The molecule has 0 spiro atoms. The van der Waals surface area contributed by atoms with Gasteiger partial charge in [0.15, 0.2) is 0 Å². The van der Waals surface area contributed by atoms with Gasteiger partial charge in [0.1, 0.15) is 0 Å². The van der Waals surface area contributed by atoms with Gasteiger partial charge in [-0.1, -0.05) is 6.07 Å². The zero-order chi connectivity index (χ0) is 12.6. The summed E-state index contributed by atoms with van der Waals surface area (Å²) in [5.74, 6) is 4.44. The molecule has 90 valence electrons. The number of halogens is 3. The summed E-state index contributed by atoms with van der Waals surface area (Å²) < 4.78 is 37.8. The monoisotopic (exact) mass is 260 g/mol. The van der Waals surface area contributed by atoms with Gasteiger partial charge in [-0.25, -0.2) is 5.84 Å². The number of amides is 1. The molecule has 1 aromatic carbocycles. The van der Waals surface area contributed by atoms with Crippen molar-refractivity contribution in [1.29, 1.82) is 0 Å². The van der Waals surface area contributed by atoms with E-state index in [9.17, 15) is 18.0 Å². The van der Waals surface area contributed by atoms with Crippen LogP contribution in [0.1, 0.15) is 15.2 Å². The second kappa shape index (κ2) is 4.01. The molecular formula is C10H7F3N2OS. The molecular weight excluding hydrogens is 253 g/mol.